The van der Waals surface area contributed by atoms with Gasteiger partial charge in [0.15, 0.2) is 0 Å². The number of anilines is 1. The Kier molecular flexibility index (Phi) is 4.12. The van der Waals surface area contributed by atoms with E-state index in [0.717, 1.165) is 10.9 Å². The zero-order chi connectivity index (χ0) is 17.1. The van der Waals surface area contributed by atoms with Crippen LogP contribution in [0.3, 0.4) is 0 Å². The average Bonchev–Trinajstić information content (AvgIpc) is 2.97. The highest BCUT2D eigenvalue weighted by Gasteiger charge is 2.14. The molecule has 0 amide bonds. The maximum Gasteiger partial charge on any atom is 0.293 e. The fourth-order valence-electron chi connectivity index (χ4n) is 2.60. The Morgan fingerprint density at radius 3 is 2.88 bits per heavy atom. The lowest BCUT2D eigenvalue weighted by atomic mass is 10.1. The van der Waals surface area contributed by atoms with E-state index in [1.54, 1.807) is 12.3 Å². The van der Waals surface area contributed by atoms with E-state index in [0.29, 0.717) is 24.2 Å². The van der Waals surface area contributed by atoms with Crippen molar-refractivity contribution in [1.82, 2.24) is 4.98 Å². The van der Waals surface area contributed by atoms with E-state index < -0.39 is 4.92 Å². The van der Waals surface area contributed by atoms with E-state index in [4.69, 9.17) is 5.26 Å². The van der Waals surface area contributed by atoms with Gasteiger partial charge < -0.3 is 10.3 Å². The minimum Gasteiger partial charge on any atom is -0.379 e. The summed E-state index contributed by atoms with van der Waals surface area (Å²) < 4.78 is 13.2. The fourth-order valence-corrected chi connectivity index (χ4v) is 2.60. The summed E-state index contributed by atoms with van der Waals surface area (Å²) in [5.41, 5.74) is 2.19. The molecule has 6 nitrogen and oxygen atoms in total. The molecule has 3 rings (SSSR count). The van der Waals surface area contributed by atoms with Crippen LogP contribution >= 0.6 is 0 Å². The van der Waals surface area contributed by atoms with Crippen LogP contribution in [0.1, 0.15) is 11.1 Å². The average molecular weight is 324 g/mol. The van der Waals surface area contributed by atoms with Crippen molar-refractivity contribution in [3.05, 3.63) is 69.7 Å². The Balaban J connectivity index is 1.74. The number of rotatable bonds is 5. The van der Waals surface area contributed by atoms with Gasteiger partial charge in [-0.05, 0) is 42.3 Å². The summed E-state index contributed by atoms with van der Waals surface area (Å²) >= 11 is 0. The minimum absolute atomic E-state index is 0.130. The van der Waals surface area contributed by atoms with E-state index >= 15 is 0 Å². The third-order valence-corrected chi connectivity index (χ3v) is 3.76. The molecule has 0 saturated carbocycles. The Labute approximate surface area is 136 Å². The second kappa shape index (κ2) is 6.38. The molecule has 0 unspecified atom stereocenters. The van der Waals surface area contributed by atoms with E-state index in [2.05, 4.69) is 10.3 Å². The predicted molar refractivity (Wildman–Crippen MR) is 88.3 cm³/mol. The van der Waals surface area contributed by atoms with Crippen molar-refractivity contribution in [2.45, 2.75) is 6.42 Å². The van der Waals surface area contributed by atoms with Gasteiger partial charge in [-0.25, -0.2) is 4.39 Å². The molecule has 0 aliphatic rings. The Bertz CT molecular complexity index is 959. The summed E-state index contributed by atoms with van der Waals surface area (Å²) in [5, 5.41) is 23.9. The number of nitriles is 1. The first-order valence-corrected chi connectivity index (χ1v) is 7.26. The third-order valence-electron chi connectivity index (χ3n) is 3.76. The van der Waals surface area contributed by atoms with Crippen LogP contribution in [-0.4, -0.2) is 16.5 Å². The van der Waals surface area contributed by atoms with Crippen LogP contribution in [0.5, 0.6) is 0 Å². The Hall–Kier alpha value is -3.40. The van der Waals surface area contributed by atoms with Gasteiger partial charge in [-0.2, -0.15) is 5.26 Å². The Morgan fingerprint density at radius 1 is 1.29 bits per heavy atom. The number of benzene rings is 2. The molecule has 2 aromatic carbocycles. The van der Waals surface area contributed by atoms with Crippen LogP contribution < -0.4 is 5.32 Å². The van der Waals surface area contributed by atoms with Crippen molar-refractivity contribution in [2.24, 2.45) is 0 Å². The lowest BCUT2D eigenvalue weighted by molar-refractivity contribution is -0.384. The second-order valence-electron chi connectivity index (χ2n) is 5.28. The molecule has 24 heavy (non-hydrogen) atoms. The van der Waals surface area contributed by atoms with Gasteiger partial charge >= 0.3 is 0 Å². The van der Waals surface area contributed by atoms with E-state index in [1.165, 1.54) is 30.3 Å². The number of fused-ring (bicyclic) bond motifs is 1. The zero-order valence-corrected chi connectivity index (χ0v) is 12.5. The summed E-state index contributed by atoms with van der Waals surface area (Å²) in [6, 6.07) is 10.7. The Morgan fingerprint density at radius 2 is 2.12 bits per heavy atom. The summed E-state index contributed by atoms with van der Waals surface area (Å²) in [5.74, 6) is -0.303. The number of aromatic amines is 1. The smallest absolute Gasteiger partial charge is 0.293 e. The monoisotopic (exact) mass is 324 g/mol. The summed E-state index contributed by atoms with van der Waals surface area (Å²) in [6.45, 7) is 0.469. The molecule has 0 aliphatic carbocycles. The number of H-pyrrole nitrogens is 1. The van der Waals surface area contributed by atoms with Crippen LogP contribution in [0, 0.1) is 27.3 Å². The predicted octanol–water partition coefficient (Wildman–Crippen LogP) is 3.74. The molecule has 120 valence electrons. The number of hydrogen-bond acceptors (Lipinski definition) is 4. The maximum absolute atomic E-state index is 13.2. The first-order chi connectivity index (χ1) is 11.6. The summed E-state index contributed by atoms with van der Waals surface area (Å²) in [7, 11) is 0. The van der Waals surface area contributed by atoms with Crippen LogP contribution in [0.15, 0.2) is 42.6 Å². The van der Waals surface area contributed by atoms with E-state index in [9.17, 15) is 14.5 Å². The summed E-state index contributed by atoms with van der Waals surface area (Å²) in [6.07, 6.45) is 2.42. The maximum atomic E-state index is 13.2. The highest BCUT2D eigenvalue weighted by Crippen LogP contribution is 2.26. The number of nitrogens with one attached hydrogen (secondary N) is 2. The second-order valence-corrected chi connectivity index (χ2v) is 5.28. The number of nitrogens with zero attached hydrogens (tertiary/aromatic N) is 2. The van der Waals surface area contributed by atoms with Gasteiger partial charge in [-0.1, -0.05) is 0 Å². The zero-order valence-electron chi connectivity index (χ0n) is 12.5. The molecule has 2 N–H and O–H groups in total. The number of hydrogen-bond donors (Lipinski definition) is 2. The standard InChI is InChI=1S/C17H13FN4O2/c18-13-2-3-14-12(10-21-16(14)8-13)5-6-20-15-4-1-11(9-19)7-17(15)22(23)24/h1-4,7-8,10,20-21H,5-6H2. The molecular formula is C17H13FN4O2. The molecule has 1 heterocycles. The van der Waals surface area contributed by atoms with Gasteiger partial charge in [0.05, 0.1) is 16.6 Å². The van der Waals surface area contributed by atoms with E-state index in [-0.39, 0.29) is 17.1 Å². The van der Waals surface area contributed by atoms with E-state index in [1.807, 2.05) is 6.07 Å². The normalized spacial score (nSPS) is 10.5. The van der Waals surface area contributed by atoms with Crippen LogP contribution in [0.4, 0.5) is 15.8 Å². The molecule has 1 aromatic heterocycles. The molecule has 0 radical (unpaired) electrons. The lowest BCUT2D eigenvalue weighted by Crippen LogP contribution is -2.07. The van der Waals surface area contributed by atoms with Crippen molar-refractivity contribution in [2.75, 3.05) is 11.9 Å². The number of aromatic nitrogens is 1. The fraction of sp³-hybridized carbons (Fsp3) is 0.118. The topological polar surface area (TPSA) is 94.8 Å². The van der Waals surface area contributed by atoms with Crippen LogP contribution in [0.2, 0.25) is 0 Å². The van der Waals surface area contributed by atoms with Gasteiger partial charge in [0.25, 0.3) is 5.69 Å². The molecular weight excluding hydrogens is 311 g/mol. The number of nitro benzene ring substituents is 1. The van der Waals surface area contributed by atoms with Crippen LogP contribution in [0.25, 0.3) is 10.9 Å². The minimum atomic E-state index is -0.516. The molecule has 0 atom stereocenters. The largest absolute Gasteiger partial charge is 0.379 e. The van der Waals surface area contributed by atoms with Gasteiger partial charge in [0, 0.05) is 29.7 Å². The van der Waals surface area contributed by atoms with Crippen LogP contribution in [-0.2, 0) is 6.42 Å². The third kappa shape index (κ3) is 3.03. The van der Waals surface area contributed by atoms with Crippen molar-refractivity contribution < 1.29 is 9.31 Å². The lowest BCUT2D eigenvalue weighted by Gasteiger charge is -2.07. The van der Waals surface area contributed by atoms with Gasteiger partial charge in [0.1, 0.15) is 11.5 Å². The molecule has 0 spiro atoms. The quantitative estimate of drug-likeness (QED) is 0.552. The molecule has 0 bridgehead atoms. The van der Waals surface area contributed by atoms with Gasteiger partial charge in [-0.15, -0.1) is 0 Å². The van der Waals surface area contributed by atoms with Crippen molar-refractivity contribution in [3.8, 4) is 6.07 Å². The molecule has 0 saturated heterocycles. The van der Waals surface area contributed by atoms with Crippen molar-refractivity contribution in [3.63, 3.8) is 0 Å². The van der Waals surface area contributed by atoms with Crippen molar-refractivity contribution >= 4 is 22.3 Å². The molecule has 0 aliphatic heterocycles. The van der Waals surface area contributed by atoms with Gasteiger partial charge in [0.2, 0.25) is 0 Å². The highest BCUT2D eigenvalue weighted by molar-refractivity contribution is 5.83. The molecule has 0 fully saturated rings. The number of halogens is 1. The molecule has 3 aromatic rings. The highest BCUT2D eigenvalue weighted by atomic mass is 19.1. The summed E-state index contributed by atoms with van der Waals surface area (Å²) in [4.78, 5) is 13.6. The van der Waals surface area contributed by atoms with Gasteiger partial charge in [-0.3, -0.25) is 10.1 Å². The van der Waals surface area contributed by atoms with Crippen molar-refractivity contribution in [1.29, 1.82) is 5.26 Å². The first kappa shape index (κ1) is 15.5. The number of nitro groups is 1. The molecule has 7 heteroatoms. The first-order valence-electron chi connectivity index (χ1n) is 7.26. The SMILES string of the molecule is N#Cc1ccc(NCCc2c[nH]c3cc(F)ccc23)c([N+](=O)[O-])c1.